The summed E-state index contributed by atoms with van der Waals surface area (Å²) in [5.74, 6) is -0.382. The van der Waals surface area contributed by atoms with Gasteiger partial charge in [-0.05, 0) is 10.4 Å². The molecule has 1 N–H and O–H groups in total. The second-order valence-electron chi connectivity index (χ2n) is 3.87. The number of hydrogen-bond acceptors (Lipinski definition) is 8. The van der Waals surface area contributed by atoms with Gasteiger partial charge in [0.05, 0.1) is 18.9 Å². The Morgan fingerprint density at radius 2 is 2.33 bits per heavy atom. The summed E-state index contributed by atoms with van der Waals surface area (Å²) in [5.41, 5.74) is 0.653. The van der Waals surface area contributed by atoms with Gasteiger partial charge in [-0.1, -0.05) is 11.3 Å². The SMILES string of the molecule is COc1ccc2c[s+](Sc3nnc(CC(=O)O)s3)nc2n1. The zero-order valence-corrected chi connectivity index (χ0v) is 13.2. The molecule has 108 valence electrons. The molecular formula is C11H9N4O3S3+. The first kappa shape index (κ1) is 14.2. The number of nitrogens with zero attached hydrogens (tertiary/aromatic N) is 4. The standard InChI is InChI=1S/C11H8N4O3S3/c1-18-7-3-2-6-5-21(15-10(6)12-7)20-11-14-13-8(19-11)4-9(16)17/h2-3,5H,4H2,1H3/p+1. The van der Waals surface area contributed by atoms with E-state index >= 15 is 0 Å². The van der Waals surface area contributed by atoms with E-state index in [0.29, 0.717) is 20.9 Å². The van der Waals surface area contributed by atoms with E-state index in [1.807, 2.05) is 11.4 Å². The molecule has 0 bridgehead atoms. The molecule has 1 unspecified atom stereocenters. The highest BCUT2D eigenvalue weighted by Crippen LogP contribution is 2.40. The molecule has 3 rings (SSSR count). The Balaban J connectivity index is 1.81. The van der Waals surface area contributed by atoms with Crippen LogP contribution in [-0.4, -0.2) is 37.7 Å². The summed E-state index contributed by atoms with van der Waals surface area (Å²) in [4.78, 5) is 14.9. The molecule has 0 amide bonds. The van der Waals surface area contributed by atoms with Crippen molar-refractivity contribution in [3.05, 3.63) is 22.5 Å². The van der Waals surface area contributed by atoms with Crippen LogP contribution in [0.4, 0.5) is 0 Å². The van der Waals surface area contributed by atoms with Gasteiger partial charge in [-0.2, -0.15) is 4.98 Å². The average Bonchev–Trinajstić information content (AvgIpc) is 3.03. The van der Waals surface area contributed by atoms with Crippen LogP contribution in [0, 0.1) is 0 Å². The van der Waals surface area contributed by atoms with Crippen molar-refractivity contribution in [2.75, 3.05) is 7.11 Å². The van der Waals surface area contributed by atoms with Gasteiger partial charge < -0.3 is 9.84 Å². The molecule has 0 aliphatic rings. The number of pyridine rings is 1. The molecule has 0 saturated carbocycles. The zero-order valence-electron chi connectivity index (χ0n) is 10.7. The molecule has 0 spiro atoms. The fourth-order valence-electron chi connectivity index (χ4n) is 1.53. The normalized spacial score (nSPS) is 11.8. The van der Waals surface area contributed by atoms with Crippen molar-refractivity contribution in [2.24, 2.45) is 0 Å². The number of methoxy groups -OCH3 is 1. The molecule has 0 radical (unpaired) electrons. The lowest BCUT2D eigenvalue weighted by molar-refractivity contribution is -0.136. The number of ether oxygens (including phenoxy) is 1. The zero-order chi connectivity index (χ0) is 14.8. The summed E-state index contributed by atoms with van der Waals surface area (Å²) >= 11 is 1.28. The summed E-state index contributed by atoms with van der Waals surface area (Å²) in [6.07, 6.45) is -0.105. The van der Waals surface area contributed by atoms with Crippen LogP contribution in [0.25, 0.3) is 11.0 Å². The van der Waals surface area contributed by atoms with E-state index in [0.717, 1.165) is 5.39 Å². The Morgan fingerprint density at radius 1 is 1.48 bits per heavy atom. The third-order valence-corrected chi connectivity index (χ3v) is 6.64. The van der Waals surface area contributed by atoms with E-state index < -0.39 is 15.7 Å². The Labute approximate surface area is 129 Å². The number of rotatable bonds is 5. The highest BCUT2D eigenvalue weighted by molar-refractivity contribution is 8.45. The van der Waals surface area contributed by atoms with Crippen LogP contribution in [0.15, 0.2) is 21.9 Å². The molecule has 3 aromatic rings. The third-order valence-electron chi connectivity index (χ3n) is 2.40. The summed E-state index contributed by atoms with van der Waals surface area (Å²) in [5, 5.41) is 20.0. The van der Waals surface area contributed by atoms with E-state index in [1.54, 1.807) is 13.2 Å². The second-order valence-corrected chi connectivity index (χ2v) is 8.24. The van der Waals surface area contributed by atoms with Gasteiger partial charge >= 0.3 is 5.97 Å². The van der Waals surface area contributed by atoms with Gasteiger partial charge in [0.1, 0.15) is 5.01 Å². The highest BCUT2D eigenvalue weighted by atomic mass is 33.1. The maximum absolute atomic E-state index is 10.6. The van der Waals surface area contributed by atoms with Crippen LogP contribution in [0.3, 0.4) is 0 Å². The van der Waals surface area contributed by atoms with Gasteiger partial charge in [-0.3, -0.25) is 4.79 Å². The van der Waals surface area contributed by atoms with Gasteiger partial charge in [-0.25, -0.2) is 0 Å². The van der Waals surface area contributed by atoms with Crippen LogP contribution in [0.1, 0.15) is 5.01 Å². The van der Waals surface area contributed by atoms with Gasteiger partial charge in [0.2, 0.25) is 26.7 Å². The predicted octanol–water partition coefficient (Wildman–Crippen LogP) is 2.42. The molecular weight excluding hydrogens is 332 g/mol. The smallest absolute Gasteiger partial charge is 0.310 e. The molecule has 0 aromatic carbocycles. The van der Waals surface area contributed by atoms with Crippen LogP contribution < -0.4 is 4.74 Å². The summed E-state index contributed by atoms with van der Waals surface area (Å²) in [6, 6.07) is 3.70. The number of aromatic nitrogens is 4. The van der Waals surface area contributed by atoms with Crippen LogP contribution in [0.5, 0.6) is 5.88 Å². The lowest BCUT2D eigenvalue weighted by Gasteiger charge is -1.93. The second kappa shape index (κ2) is 5.92. The van der Waals surface area contributed by atoms with Gasteiger partial charge in [-0.15, -0.1) is 10.2 Å². The lowest BCUT2D eigenvalue weighted by atomic mass is 10.4. The molecule has 3 heterocycles. The van der Waals surface area contributed by atoms with Gasteiger partial charge in [0.15, 0.2) is 15.1 Å². The van der Waals surface area contributed by atoms with E-state index in [2.05, 4.69) is 19.6 Å². The first-order chi connectivity index (χ1) is 10.1. The number of fused-ring (bicyclic) bond motifs is 1. The molecule has 10 heteroatoms. The molecule has 0 aliphatic carbocycles. The number of carbonyl (C=O) groups is 1. The minimum absolute atomic E-state index is 0.105. The summed E-state index contributed by atoms with van der Waals surface area (Å²) < 4.78 is 10.3. The molecule has 0 fully saturated rings. The van der Waals surface area contributed by atoms with Crippen molar-refractivity contribution in [1.82, 2.24) is 19.6 Å². The van der Waals surface area contributed by atoms with Crippen LogP contribution in [-0.2, 0) is 11.2 Å². The molecule has 0 saturated heterocycles. The first-order valence-corrected chi connectivity index (χ1v) is 9.11. The Bertz CT molecular complexity index is 801. The van der Waals surface area contributed by atoms with E-state index in [-0.39, 0.29) is 6.42 Å². The molecule has 0 aliphatic heterocycles. The van der Waals surface area contributed by atoms with Crippen molar-refractivity contribution >= 4 is 48.8 Å². The number of hydrogen-bond donors (Lipinski definition) is 1. The third kappa shape index (κ3) is 3.28. The van der Waals surface area contributed by atoms with Crippen molar-refractivity contribution < 1.29 is 14.6 Å². The number of aliphatic carboxylic acids is 1. The Morgan fingerprint density at radius 3 is 3.10 bits per heavy atom. The van der Waals surface area contributed by atoms with Crippen molar-refractivity contribution in [3.8, 4) is 5.88 Å². The minimum atomic E-state index is -0.911. The Kier molecular flexibility index (Phi) is 3.99. The fourth-order valence-corrected chi connectivity index (χ4v) is 5.84. The maximum Gasteiger partial charge on any atom is 0.310 e. The van der Waals surface area contributed by atoms with Crippen molar-refractivity contribution in [2.45, 2.75) is 10.8 Å². The summed E-state index contributed by atoms with van der Waals surface area (Å²) in [6.45, 7) is 0. The average molecular weight is 341 g/mol. The predicted molar refractivity (Wildman–Crippen MR) is 81.1 cm³/mol. The van der Waals surface area contributed by atoms with Gasteiger partial charge in [0, 0.05) is 6.07 Å². The van der Waals surface area contributed by atoms with Crippen LogP contribution >= 0.6 is 31.8 Å². The molecule has 1 atom stereocenters. The van der Waals surface area contributed by atoms with E-state index in [1.165, 1.54) is 22.1 Å². The van der Waals surface area contributed by atoms with E-state index in [9.17, 15) is 4.79 Å². The van der Waals surface area contributed by atoms with Crippen LogP contribution in [0.2, 0.25) is 0 Å². The Hall–Kier alpha value is -1.78. The molecule has 3 aromatic heterocycles. The topological polar surface area (TPSA) is 98.1 Å². The lowest BCUT2D eigenvalue weighted by Crippen LogP contribution is -1.98. The number of carboxylic acids is 1. The number of carboxylic acid groups (broad SMARTS) is 1. The van der Waals surface area contributed by atoms with Gasteiger partial charge in [0.25, 0.3) is 0 Å². The van der Waals surface area contributed by atoms with Crippen molar-refractivity contribution in [1.29, 1.82) is 0 Å². The van der Waals surface area contributed by atoms with Crippen molar-refractivity contribution in [3.63, 3.8) is 0 Å². The minimum Gasteiger partial charge on any atom is -0.481 e. The maximum atomic E-state index is 10.6. The van der Waals surface area contributed by atoms with E-state index in [4.69, 9.17) is 9.84 Å². The molecule has 7 nitrogen and oxygen atoms in total. The first-order valence-electron chi connectivity index (χ1n) is 5.71. The quantitative estimate of drug-likeness (QED) is 0.558. The monoisotopic (exact) mass is 341 g/mol. The molecule has 21 heavy (non-hydrogen) atoms. The summed E-state index contributed by atoms with van der Waals surface area (Å²) in [7, 11) is 2.58. The fraction of sp³-hybridized carbons (Fsp3) is 0.182. The largest absolute Gasteiger partial charge is 0.481 e. The highest BCUT2D eigenvalue weighted by Gasteiger charge is 2.20.